The zero-order valence-corrected chi connectivity index (χ0v) is 11.5. The third kappa shape index (κ3) is 3.47. The van der Waals surface area contributed by atoms with E-state index in [4.69, 9.17) is 4.74 Å². The Kier molecular flexibility index (Phi) is 5.63. The molecule has 0 aromatic heterocycles. The number of carbonyl (C=O) groups is 2. The summed E-state index contributed by atoms with van der Waals surface area (Å²) < 4.78 is 5.25. The van der Waals surface area contributed by atoms with Crippen LogP contribution in [0.15, 0.2) is 0 Å². The molecular weight excluding hydrogens is 232 g/mol. The van der Waals surface area contributed by atoms with Gasteiger partial charge in [0, 0.05) is 0 Å². The van der Waals surface area contributed by atoms with Crippen molar-refractivity contribution >= 4 is 11.9 Å². The van der Waals surface area contributed by atoms with E-state index < -0.39 is 23.9 Å². The van der Waals surface area contributed by atoms with Crippen molar-refractivity contribution in [1.29, 1.82) is 0 Å². The van der Waals surface area contributed by atoms with Gasteiger partial charge in [0.2, 0.25) is 0 Å². The lowest BCUT2D eigenvalue weighted by molar-refractivity contribution is -0.146. The Labute approximate surface area is 109 Å². The maximum atomic E-state index is 11.5. The standard InChI is InChI=1S/C14H24O4/c1-4-5-6-7-8-9(2)12-11(13(15)16)10(3)14(17)18-12/h9-12H,4-8H2,1-3H3,(H,15,16)/t9?,10-,11?,12-/m0/s1. The normalized spacial score (nSPS) is 29.1. The molecule has 1 saturated heterocycles. The first-order valence-electron chi connectivity index (χ1n) is 6.92. The van der Waals surface area contributed by atoms with Crippen molar-refractivity contribution in [2.75, 3.05) is 0 Å². The predicted octanol–water partition coefficient (Wildman–Crippen LogP) is 2.86. The number of aliphatic carboxylic acids is 1. The molecule has 1 aliphatic heterocycles. The molecule has 2 unspecified atom stereocenters. The molecule has 4 nitrogen and oxygen atoms in total. The average Bonchev–Trinajstić information content (AvgIpc) is 2.61. The van der Waals surface area contributed by atoms with Gasteiger partial charge in [0.15, 0.2) is 0 Å². The highest BCUT2D eigenvalue weighted by molar-refractivity contribution is 5.84. The highest BCUT2D eigenvalue weighted by Crippen LogP contribution is 2.34. The SMILES string of the molecule is CCCCCCC(C)[C@@H]1OC(=O)[C@@H](C)C1C(=O)O. The van der Waals surface area contributed by atoms with E-state index in [1.165, 1.54) is 12.8 Å². The molecule has 0 spiro atoms. The van der Waals surface area contributed by atoms with E-state index in [2.05, 4.69) is 6.92 Å². The Morgan fingerprint density at radius 2 is 2.06 bits per heavy atom. The molecule has 1 rings (SSSR count). The van der Waals surface area contributed by atoms with Crippen molar-refractivity contribution < 1.29 is 19.4 Å². The number of carboxylic acids is 1. The van der Waals surface area contributed by atoms with Crippen LogP contribution in [-0.2, 0) is 14.3 Å². The van der Waals surface area contributed by atoms with Gasteiger partial charge < -0.3 is 9.84 Å². The first-order chi connectivity index (χ1) is 8.49. The lowest BCUT2D eigenvalue weighted by Gasteiger charge is -2.22. The fraction of sp³-hybridized carbons (Fsp3) is 0.857. The summed E-state index contributed by atoms with van der Waals surface area (Å²) in [7, 11) is 0. The summed E-state index contributed by atoms with van der Waals surface area (Å²) in [5.74, 6) is -2.37. The quantitative estimate of drug-likeness (QED) is 0.562. The van der Waals surface area contributed by atoms with E-state index in [1.807, 2.05) is 6.92 Å². The molecule has 0 aromatic carbocycles. The summed E-state index contributed by atoms with van der Waals surface area (Å²) in [5, 5.41) is 9.20. The maximum absolute atomic E-state index is 11.5. The minimum atomic E-state index is -0.918. The van der Waals surface area contributed by atoms with Gasteiger partial charge in [-0.25, -0.2) is 0 Å². The molecule has 1 aliphatic rings. The van der Waals surface area contributed by atoms with Gasteiger partial charge in [0.1, 0.15) is 12.0 Å². The van der Waals surface area contributed by atoms with Crippen molar-refractivity contribution in [2.45, 2.75) is 59.0 Å². The average molecular weight is 256 g/mol. The monoisotopic (exact) mass is 256 g/mol. The van der Waals surface area contributed by atoms with Gasteiger partial charge in [-0.1, -0.05) is 46.5 Å². The number of rotatable bonds is 7. The first-order valence-corrected chi connectivity index (χ1v) is 6.92. The van der Waals surface area contributed by atoms with Crippen molar-refractivity contribution in [3.05, 3.63) is 0 Å². The molecule has 0 bridgehead atoms. The number of ether oxygens (including phenoxy) is 1. The summed E-state index contributed by atoms with van der Waals surface area (Å²) in [6, 6.07) is 0. The van der Waals surface area contributed by atoms with Crippen molar-refractivity contribution in [3.63, 3.8) is 0 Å². The van der Waals surface area contributed by atoms with Crippen molar-refractivity contribution in [1.82, 2.24) is 0 Å². The highest BCUT2D eigenvalue weighted by atomic mass is 16.6. The Hall–Kier alpha value is -1.06. The molecule has 0 aromatic rings. The van der Waals surface area contributed by atoms with Crippen LogP contribution in [0.5, 0.6) is 0 Å². The molecule has 104 valence electrons. The van der Waals surface area contributed by atoms with E-state index >= 15 is 0 Å². The van der Waals surface area contributed by atoms with Gasteiger partial charge in [-0.15, -0.1) is 0 Å². The lowest BCUT2D eigenvalue weighted by Crippen LogP contribution is -2.32. The van der Waals surface area contributed by atoms with Gasteiger partial charge in [-0.3, -0.25) is 9.59 Å². The van der Waals surface area contributed by atoms with E-state index in [0.717, 1.165) is 19.3 Å². The lowest BCUT2D eigenvalue weighted by atomic mass is 9.84. The van der Waals surface area contributed by atoms with E-state index in [0.29, 0.717) is 0 Å². The largest absolute Gasteiger partial charge is 0.481 e. The Balaban J connectivity index is 2.52. The fourth-order valence-electron chi connectivity index (χ4n) is 2.63. The smallest absolute Gasteiger partial charge is 0.311 e. The minimum Gasteiger partial charge on any atom is -0.481 e. The van der Waals surface area contributed by atoms with Gasteiger partial charge in [-0.05, 0) is 12.3 Å². The second-order valence-electron chi connectivity index (χ2n) is 5.38. The van der Waals surface area contributed by atoms with Crippen LogP contribution < -0.4 is 0 Å². The third-order valence-electron chi connectivity index (χ3n) is 3.88. The molecule has 0 saturated carbocycles. The van der Waals surface area contributed by atoms with Gasteiger partial charge in [0.05, 0.1) is 5.92 Å². The summed E-state index contributed by atoms with van der Waals surface area (Å²) in [6.45, 7) is 5.78. The fourth-order valence-corrected chi connectivity index (χ4v) is 2.63. The van der Waals surface area contributed by atoms with Crippen molar-refractivity contribution in [2.24, 2.45) is 17.8 Å². The molecule has 0 radical (unpaired) electrons. The molecule has 4 atom stereocenters. The highest BCUT2D eigenvalue weighted by Gasteiger charge is 2.48. The molecule has 1 N–H and O–H groups in total. The minimum absolute atomic E-state index is 0.122. The van der Waals surface area contributed by atoms with Crippen LogP contribution in [0.1, 0.15) is 52.9 Å². The molecule has 18 heavy (non-hydrogen) atoms. The van der Waals surface area contributed by atoms with Crippen LogP contribution in [-0.4, -0.2) is 23.1 Å². The molecular formula is C14H24O4. The van der Waals surface area contributed by atoms with Crippen LogP contribution >= 0.6 is 0 Å². The van der Waals surface area contributed by atoms with E-state index in [1.54, 1.807) is 6.92 Å². The topological polar surface area (TPSA) is 63.6 Å². The molecule has 0 aliphatic carbocycles. The summed E-state index contributed by atoms with van der Waals surface area (Å²) in [5.41, 5.74) is 0. The number of esters is 1. The van der Waals surface area contributed by atoms with Gasteiger partial charge in [0.25, 0.3) is 0 Å². The second kappa shape index (κ2) is 6.76. The Bertz CT molecular complexity index is 300. The molecule has 1 heterocycles. The number of cyclic esters (lactones) is 1. The van der Waals surface area contributed by atoms with Crippen LogP contribution in [0.3, 0.4) is 0 Å². The van der Waals surface area contributed by atoms with Crippen LogP contribution in [0.2, 0.25) is 0 Å². The third-order valence-corrected chi connectivity index (χ3v) is 3.88. The predicted molar refractivity (Wildman–Crippen MR) is 68.1 cm³/mol. The number of carbonyl (C=O) groups excluding carboxylic acids is 1. The second-order valence-corrected chi connectivity index (χ2v) is 5.38. The van der Waals surface area contributed by atoms with Crippen LogP contribution in [0, 0.1) is 17.8 Å². The number of hydrogen-bond donors (Lipinski definition) is 1. The van der Waals surface area contributed by atoms with Crippen LogP contribution in [0.4, 0.5) is 0 Å². The number of carboxylic acid groups (broad SMARTS) is 1. The molecule has 4 heteroatoms. The summed E-state index contributed by atoms with van der Waals surface area (Å²) >= 11 is 0. The molecule has 1 fully saturated rings. The molecule has 0 amide bonds. The van der Waals surface area contributed by atoms with E-state index in [9.17, 15) is 14.7 Å². The van der Waals surface area contributed by atoms with Crippen molar-refractivity contribution in [3.8, 4) is 0 Å². The zero-order valence-electron chi connectivity index (χ0n) is 11.5. The van der Waals surface area contributed by atoms with Gasteiger partial charge >= 0.3 is 11.9 Å². The maximum Gasteiger partial charge on any atom is 0.311 e. The first kappa shape index (κ1) is 15.0. The van der Waals surface area contributed by atoms with Crippen LogP contribution in [0.25, 0.3) is 0 Å². The summed E-state index contributed by atoms with van der Waals surface area (Å²) in [6.07, 6.45) is 5.09. The zero-order chi connectivity index (χ0) is 13.7. The van der Waals surface area contributed by atoms with E-state index in [-0.39, 0.29) is 11.9 Å². The summed E-state index contributed by atoms with van der Waals surface area (Å²) in [4.78, 5) is 22.7. The Morgan fingerprint density at radius 1 is 1.39 bits per heavy atom. The number of unbranched alkanes of at least 4 members (excludes halogenated alkanes) is 3. The number of hydrogen-bond acceptors (Lipinski definition) is 3. The van der Waals surface area contributed by atoms with Gasteiger partial charge in [-0.2, -0.15) is 0 Å². The Morgan fingerprint density at radius 3 is 2.61 bits per heavy atom.